The standard InChI is InChI=1S/C23H44O3.C20H38O4/c1-7-26-21(25)19-23(5,6)17-15-13-11-9-8-10-12-14-16-22(3,4)18-20(2)24;1-19(2,15-17(21)22)13-11-9-7-5-6-8-10-12-14-20(3,4)16-18(23)24/h7-19H2,1-6H3;5-16H2,1-4H3,(H,21,22)(H,23,24)/i3D3,5D3,18D2,19D2;1D3,3D3,15D2,16D2. The van der Waals surface area contributed by atoms with E-state index in [1.54, 1.807) is 0 Å². The van der Waals surface area contributed by atoms with Gasteiger partial charge in [-0.05, 0) is 61.2 Å². The van der Waals surface area contributed by atoms with Crippen LogP contribution in [0.15, 0.2) is 0 Å². The summed E-state index contributed by atoms with van der Waals surface area (Å²) in [6.07, 6.45) is -0.283. The normalized spacial score (nSPS) is 24.2. The summed E-state index contributed by atoms with van der Waals surface area (Å²) in [4.78, 5) is 46.4. The molecule has 0 aromatic rings. The smallest absolute Gasteiger partial charge is 0.306 e. The molecule has 4 unspecified atom stereocenters. The van der Waals surface area contributed by atoms with Crippen molar-refractivity contribution in [3.8, 4) is 0 Å². The Morgan fingerprint density at radius 2 is 0.760 bits per heavy atom. The molecule has 7 heteroatoms. The quantitative estimate of drug-likeness (QED) is 0.0538. The largest absolute Gasteiger partial charge is 0.481 e. The molecule has 0 heterocycles. The molecule has 7 nitrogen and oxygen atoms in total. The van der Waals surface area contributed by atoms with Crippen LogP contribution < -0.4 is 0 Å². The molecule has 0 amide bonds. The molecule has 0 saturated carbocycles. The highest BCUT2D eigenvalue weighted by atomic mass is 16.5. The maximum absolute atomic E-state index is 12.1. The zero-order valence-electron chi connectivity index (χ0n) is 51.8. The van der Waals surface area contributed by atoms with Crippen LogP contribution in [-0.2, 0) is 23.9 Å². The molecular formula is C43H82O7. The van der Waals surface area contributed by atoms with Crippen LogP contribution in [0.1, 0.15) is 250 Å². The summed E-state index contributed by atoms with van der Waals surface area (Å²) >= 11 is 0. The second kappa shape index (κ2) is 27.7. The van der Waals surface area contributed by atoms with Gasteiger partial charge in [0.2, 0.25) is 0 Å². The molecule has 0 bridgehead atoms. The molecule has 0 aliphatic rings. The summed E-state index contributed by atoms with van der Waals surface area (Å²) in [5.74, 6) is -5.53. The molecule has 0 saturated heterocycles. The molecule has 4 atom stereocenters. The lowest BCUT2D eigenvalue weighted by molar-refractivity contribution is -0.145. The van der Waals surface area contributed by atoms with Crippen molar-refractivity contribution in [2.24, 2.45) is 21.7 Å². The number of esters is 1. The number of unbranched alkanes of at least 4 members (excludes halogenated alkanes) is 14. The van der Waals surface area contributed by atoms with Crippen LogP contribution in [0.25, 0.3) is 0 Å². The fraction of sp³-hybridized carbons (Fsp3) is 0.907. The monoisotopic (exact) mass is 731 g/mol. The Morgan fingerprint density at radius 1 is 0.500 bits per heavy atom. The van der Waals surface area contributed by atoms with Crippen LogP contribution in [0.3, 0.4) is 0 Å². The third kappa shape index (κ3) is 35.9. The minimum atomic E-state index is -2.89. The van der Waals surface area contributed by atoms with Gasteiger partial charge in [0.05, 0.1) is 25.7 Å². The van der Waals surface area contributed by atoms with Crippen molar-refractivity contribution >= 4 is 23.7 Å². The fourth-order valence-corrected chi connectivity index (χ4v) is 5.54. The third-order valence-electron chi connectivity index (χ3n) is 8.08. The second-order valence-electron chi connectivity index (χ2n) is 14.4. The van der Waals surface area contributed by atoms with E-state index >= 15 is 0 Å². The number of carboxylic acid groups (broad SMARTS) is 2. The predicted molar refractivity (Wildman–Crippen MR) is 209 cm³/mol. The summed E-state index contributed by atoms with van der Waals surface area (Å²) in [6, 6.07) is 0. The van der Waals surface area contributed by atoms with E-state index in [-0.39, 0.29) is 32.3 Å². The number of hydrogen-bond donors (Lipinski definition) is 2. The number of carbonyl (C=O) groups excluding carboxylic acids is 2. The number of carbonyl (C=O) groups is 4. The van der Waals surface area contributed by atoms with E-state index < -0.39 is 98.3 Å². The van der Waals surface area contributed by atoms with Crippen molar-refractivity contribution in [3.63, 3.8) is 0 Å². The predicted octanol–water partition coefficient (Wildman–Crippen LogP) is 12.8. The molecule has 0 fully saturated rings. The van der Waals surface area contributed by atoms with Crippen LogP contribution in [0.5, 0.6) is 0 Å². The van der Waals surface area contributed by atoms with Gasteiger partial charge in [0.25, 0.3) is 0 Å². The maximum Gasteiger partial charge on any atom is 0.306 e. The van der Waals surface area contributed by atoms with Crippen molar-refractivity contribution in [1.82, 2.24) is 0 Å². The zero-order chi connectivity index (χ0) is 55.9. The Labute approximate surface area is 337 Å². The Balaban J connectivity index is 0. The first-order valence-electron chi connectivity index (χ1n) is 28.4. The summed E-state index contributed by atoms with van der Waals surface area (Å²) < 4.78 is 161. The average Bonchev–Trinajstić information content (AvgIpc) is 3.19. The highest BCUT2D eigenvalue weighted by Crippen LogP contribution is 2.31. The van der Waals surface area contributed by atoms with Gasteiger partial charge in [-0.2, -0.15) is 0 Å². The zero-order valence-corrected chi connectivity index (χ0v) is 31.8. The molecule has 0 rings (SSSR count). The molecule has 0 radical (unpaired) electrons. The fourth-order valence-electron chi connectivity index (χ4n) is 5.54. The van der Waals surface area contributed by atoms with E-state index in [0.29, 0.717) is 51.4 Å². The first-order valence-corrected chi connectivity index (χ1v) is 18.4. The number of rotatable bonds is 31. The molecule has 0 aromatic heterocycles. The highest BCUT2D eigenvalue weighted by molar-refractivity contribution is 5.76. The Morgan fingerprint density at radius 3 is 1.00 bits per heavy atom. The summed E-state index contributed by atoms with van der Waals surface area (Å²) in [6.45, 7) is -3.35. The van der Waals surface area contributed by atoms with Gasteiger partial charge in [-0.3, -0.25) is 14.4 Å². The van der Waals surface area contributed by atoms with E-state index in [0.717, 1.165) is 72.1 Å². The van der Waals surface area contributed by atoms with Gasteiger partial charge in [-0.15, -0.1) is 0 Å². The maximum atomic E-state index is 12.1. The van der Waals surface area contributed by atoms with E-state index in [4.69, 9.17) is 42.4 Å². The molecule has 0 spiro atoms. The van der Waals surface area contributed by atoms with Crippen molar-refractivity contribution < 1.29 is 61.5 Å². The van der Waals surface area contributed by atoms with E-state index in [2.05, 4.69) is 0 Å². The first-order chi connectivity index (χ1) is 31.2. The van der Waals surface area contributed by atoms with Crippen molar-refractivity contribution in [2.75, 3.05) is 6.61 Å². The lowest BCUT2D eigenvalue weighted by atomic mass is 9.82. The average molecular weight is 731 g/mol. The summed E-state index contributed by atoms with van der Waals surface area (Å²) in [7, 11) is 0. The van der Waals surface area contributed by atoms with Crippen LogP contribution in [0.4, 0.5) is 0 Å². The van der Waals surface area contributed by atoms with E-state index in [9.17, 15) is 19.2 Å². The number of aliphatic carboxylic acids is 2. The van der Waals surface area contributed by atoms with Gasteiger partial charge in [0, 0.05) is 33.8 Å². The number of hydrogen-bond acceptors (Lipinski definition) is 5. The molecule has 0 aromatic carbocycles. The van der Waals surface area contributed by atoms with Gasteiger partial charge in [-0.1, -0.05) is 158 Å². The van der Waals surface area contributed by atoms with Gasteiger partial charge < -0.3 is 19.7 Å². The lowest BCUT2D eigenvalue weighted by Crippen LogP contribution is -2.18. The Kier molecular flexibility index (Phi) is 13.5. The molecular weight excluding hydrogens is 628 g/mol. The van der Waals surface area contributed by atoms with Crippen LogP contribution in [0.2, 0.25) is 0 Å². The van der Waals surface area contributed by atoms with Crippen molar-refractivity contribution in [3.05, 3.63) is 0 Å². The van der Waals surface area contributed by atoms with Gasteiger partial charge in [-0.25, -0.2) is 0 Å². The van der Waals surface area contributed by atoms with E-state index in [1.165, 1.54) is 20.8 Å². The molecule has 2 N–H and O–H groups in total. The molecule has 50 heavy (non-hydrogen) atoms. The third-order valence-corrected chi connectivity index (χ3v) is 8.08. The minimum absolute atomic E-state index is 0.0150. The van der Waals surface area contributed by atoms with Crippen LogP contribution in [0, 0.1) is 21.7 Å². The SMILES string of the molecule is [2H]C([2H])([2H])C(C)(CCCCCCCCCCC(C)(C([2H])([2H])[2H])C([2H])([2H])C(=O)O)C([2H])([2H])C(=O)O.[2H]C([2H])([2H])C(C)(CCCCCCCCCCC(C)(C([2H])([2H])[2H])C([2H])([2H])C(=O)OCC)C([2H])([2H])C(C)=O. The number of ether oxygens (including phenoxy) is 1. The van der Waals surface area contributed by atoms with Crippen LogP contribution in [-0.4, -0.2) is 40.5 Å². The molecule has 0 aliphatic heterocycles. The molecule has 296 valence electrons. The summed E-state index contributed by atoms with van der Waals surface area (Å²) in [5.41, 5.74) is -7.65. The van der Waals surface area contributed by atoms with Gasteiger partial charge >= 0.3 is 17.9 Å². The first kappa shape index (κ1) is 24.4. The molecule has 0 aliphatic carbocycles. The van der Waals surface area contributed by atoms with Crippen LogP contribution >= 0.6 is 0 Å². The van der Waals surface area contributed by atoms with Crippen molar-refractivity contribution in [2.45, 2.75) is 223 Å². The topological polar surface area (TPSA) is 118 Å². The van der Waals surface area contributed by atoms with Gasteiger partial charge in [0.15, 0.2) is 0 Å². The Hall–Kier alpha value is -1.92. The van der Waals surface area contributed by atoms with E-state index in [1.807, 2.05) is 0 Å². The Bertz CT molecular complexity index is 1590. The number of Topliss-reactive ketones (excluding diaryl/α,β-unsaturated/α-hetero) is 1. The number of carboxylic acids is 2. The number of ketones is 1. The highest BCUT2D eigenvalue weighted by Gasteiger charge is 2.23. The minimum Gasteiger partial charge on any atom is -0.481 e. The lowest BCUT2D eigenvalue weighted by Gasteiger charge is -2.23. The summed E-state index contributed by atoms with van der Waals surface area (Å²) in [5, 5.41) is 18.3. The second-order valence-corrected chi connectivity index (χ2v) is 14.4. The van der Waals surface area contributed by atoms with Gasteiger partial charge in [0.1, 0.15) is 5.78 Å². The van der Waals surface area contributed by atoms with Crippen molar-refractivity contribution in [1.29, 1.82) is 0 Å².